The average molecular weight is 288 g/mol. The maximum absolute atomic E-state index is 12.1. The summed E-state index contributed by atoms with van der Waals surface area (Å²) < 4.78 is 0. The molecule has 1 fully saturated rings. The van der Waals surface area contributed by atoms with Crippen molar-refractivity contribution in [2.45, 2.75) is 26.7 Å². The van der Waals surface area contributed by atoms with Crippen molar-refractivity contribution in [3.05, 3.63) is 35.9 Å². The first kappa shape index (κ1) is 15.5. The van der Waals surface area contributed by atoms with E-state index in [1.54, 1.807) is 0 Å². The zero-order chi connectivity index (χ0) is 15.2. The van der Waals surface area contributed by atoms with E-state index in [2.05, 4.69) is 36.6 Å². The largest absolute Gasteiger partial charge is 0.355 e. The third-order valence-electron chi connectivity index (χ3n) is 4.17. The van der Waals surface area contributed by atoms with E-state index >= 15 is 0 Å². The minimum absolute atomic E-state index is 0.00735. The Morgan fingerprint density at radius 2 is 2.05 bits per heavy atom. The van der Waals surface area contributed by atoms with Crippen LogP contribution < -0.4 is 10.6 Å². The molecule has 0 bridgehead atoms. The Morgan fingerprint density at radius 3 is 2.62 bits per heavy atom. The van der Waals surface area contributed by atoms with Crippen LogP contribution >= 0.6 is 0 Å². The van der Waals surface area contributed by atoms with Gasteiger partial charge in [0, 0.05) is 19.5 Å². The van der Waals surface area contributed by atoms with E-state index in [0.29, 0.717) is 31.3 Å². The van der Waals surface area contributed by atoms with Crippen LogP contribution in [-0.2, 0) is 16.0 Å². The van der Waals surface area contributed by atoms with Gasteiger partial charge in [-0.2, -0.15) is 0 Å². The number of rotatable bonds is 6. The molecule has 0 aliphatic carbocycles. The lowest BCUT2D eigenvalue weighted by molar-refractivity contribution is -0.126. The summed E-state index contributed by atoms with van der Waals surface area (Å²) in [5, 5.41) is 5.72. The van der Waals surface area contributed by atoms with E-state index in [0.717, 1.165) is 6.42 Å². The van der Waals surface area contributed by atoms with Crippen molar-refractivity contribution in [3.63, 3.8) is 0 Å². The van der Waals surface area contributed by atoms with E-state index in [1.165, 1.54) is 5.56 Å². The van der Waals surface area contributed by atoms with Gasteiger partial charge in [-0.1, -0.05) is 44.2 Å². The van der Waals surface area contributed by atoms with Crippen LogP contribution in [0.5, 0.6) is 0 Å². The van der Waals surface area contributed by atoms with Crippen LogP contribution in [0.2, 0.25) is 0 Å². The van der Waals surface area contributed by atoms with Crippen LogP contribution in [0.3, 0.4) is 0 Å². The van der Waals surface area contributed by atoms with Crippen LogP contribution in [0, 0.1) is 17.8 Å². The van der Waals surface area contributed by atoms with Crippen LogP contribution in [0.1, 0.15) is 25.8 Å². The predicted octanol–water partition coefficient (Wildman–Crippen LogP) is 1.75. The first-order valence-electron chi connectivity index (χ1n) is 7.64. The zero-order valence-corrected chi connectivity index (χ0v) is 12.8. The topological polar surface area (TPSA) is 58.2 Å². The summed E-state index contributed by atoms with van der Waals surface area (Å²) in [7, 11) is 0. The maximum atomic E-state index is 12.1. The third-order valence-corrected chi connectivity index (χ3v) is 4.17. The van der Waals surface area contributed by atoms with Crippen molar-refractivity contribution in [1.29, 1.82) is 0 Å². The lowest BCUT2D eigenvalue weighted by atomic mass is 9.89. The van der Waals surface area contributed by atoms with Crippen LogP contribution in [0.25, 0.3) is 0 Å². The van der Waals surface area contributed by atoms with E-state index < -0.39 is 0 Å². The number of hydrogen-bond donors (Lipinski definition) is 2. The molecule has 1 aliphatic rings. The molecule has 2 amide bonds. The molecule has 4 nitrogen and oxygen atoms in total. The second-order valence-corrected chi connectivity index (χ2v) is 6.14. The smallest absolute Gasteiger partial charge is 0.225 e. The Hall–Kier alpha value is -1.84. The Morgan fingerprint density at radius 1 is 1.33 bits per heavy atom. The van der Waals surface area contributed by atoms with Crippen LogP contribution in [0.15, 0.2) is 30.3 Å². The number of nitrogens with one attached hydrogen (secondary N) is 2. The summed E-state index contributed by atoms with van der Waals surface area (Å²) in [6, 6.07) is 10.3. The highest BCUT2D eigenvalue weighted by Crippen LogP contribution is 2.17. The monoisotopic (exact) mass is 288 g/mol. The summed E-state index contributed by atoms with van der Waals surface area (Å²) in [6.07, 6.45) is 1.28. The second-order valence-electron chi connectivity index (χ2n) is 6.14. The molecule has 1 heterocycles. The summed E-state index contributed by atoms with van der Waals surface area (Å²) in [6.45, 7) is 5.49. The van der Waals surface area contributed by atoms with Gasteiger partial charge in [-0.3, -0.25) is 9.59 Å². The normalized spacial score (nSPS) is 19.4. The van der Waals surface area contributed by atoms with Gasteiger partial charge in [-0.05, 0) is 23.8 Å². The van der Waals surface area contributed by atoms with Gasteiger partial charge in [-0.15, -0.1) is 0 Å². The van der Waals surface area contributed by atoms with Crippen LogP contribution in [0.4, 0.5) is 0 Å². The molecule has 21 heavy (non-hydrogen) atoms. The fourth-order valence-corrected chi connectivity index (χ4v) is 2.63. The summed E-state index contributed by atoms with van der Waals surface area (Å²) in [4.78, 5) is 23.2. The summed E-state index contributed by atoms with van der Waals surface area (Å²) in [5.41, 5.74) is 1.29. The Labute approximate surface area is 126 Å². The molecule has 2 atom stereocenters. The quantitative estimate of drug-likeness (QED) is 0.838. The Bertz CT molecular complexity index is 485. The number of hydrogen-bond acceptors (Lipinski definition) is 2. The van der Waals surface area contributed by atoms with Crippen molar-refractivity contribution in [2.75, 3.05) is 13.1 Å². The minimum Gasteiger partial charge on any atom is -0.355 e. The van der Waals surface area contributed by atoms with Gasteiger partial charge in [0.25, 0.3) is 0 Å². The van der Waals surface area contributed by atoms with Gasteiger partial charge in [0.1, 0.15) is 0 Å². The Kier molecular flexibility index (Phi) is 5.37. The summed E-state index contributed by atoms with van der Waals surface area (Å²) >= 11 is 0. The number of carbonyl (C=O) groups excluding carboxylic acids is 2. The van der Waals surface area contributed by atoms with Gasteiger partial charge >= 0.3 is 0 Å². The first-order chi connectivity index (χ1) is 10.1. The molecule has 1 aliphatic heterocycles. The summed E-state index contributed by atoms with van der Waals surface area (Å²) in [5.74, 6) is 0.657. The number of benzene rings is 1. The highest BCUT2D eigenvalue weighted by Gasteiger charge is 2.28. The van der Waals surface area contributed by atoms with Gasteiger partial charge in [0.2, 0.25) is 11.8 Å². The van der Waals surface area contributed by atoms with Crippen LogP contribution in [-0.4, -0.2) is 24.9 Å². The van der Waals surface area contributed by atoms with E-state index in [4.69, 9.17) is 0 Å². The predicted molar refractivity (Wildman–Crippen MR) is 82.6 cm³/mol. The van der Waals surface area contributed by atoms with E-state index in [1.807, 2.05) is 18.2 Å². The fraction of sp³-hybridized carbons (Fsp3) is 0.529. The molecule has 114 valence electrons. The number of carbonyl (C=O) groups is 2. The maximum Gasteiger partial charge on any atom is 0.225 e. The lowest BCUT2D eigenvalue weighted by Gasteiger charge is -2.22. The first-order valence-corrected chi connectivity index (χ1v) is 7.64. The standard InChI is InChI=1S/C17H24N2O2/c1-12(2)14(8-13-6-4-3-5-7-13)10-19-17(21)15-9-16(20)18-11-15/h3-7,12,14-15H,8-11H2,1-2H3,(H,18,20)(H,19,21)/t14-,15-/m0/s1. The van der Waals surface area contributed by atoms with Crippen molar-refractivity contribution in [1.82, 2.24) is 10.6 Å². The molecule has 0 aromatic heterocycles. The SMILES string of the molecule is CC(C)[C@H](CNC(=O)[C@@H]1CNC(=O)C1)Cc1ccccc1. The highest BCUT2D eigenvalue weighted by atomic mass is 16.2. The molecule has 1 aromatic carbocycles. The highest BCUT2D eigenvalue weighted by molar-refractivity contribution is 5.89. The third kappa shape index (κ3) is 4.59. The molecule has 1 aromatic rings. The van der Waals surface area contributed by atoms with Crippen molar-refractivity contribution in [2.24, 2.45) is 17.8 Å². The Balaban J connectivity index is 1.85. The molecular formula is C17H24N2O2. The van der Waals surface area contributed by atoms with E-state index in [9.17, 15) is 9.59 Å². The lowest BCUT2D eigenvalue weighted by Crippen LogP contribution is -2.37. The molecule has 1 saturated heterocycles. The van der Waals surface area contributed by atoms with Gasteiger partial charge in [-0.25, -0.2) is 0 Å². The molecular weight excluding hydrogens is 264 g/mol. The van der Waals surface area contributed by atoms with Crippen molar-refractivity contribution in [3.8, 4) is 0 Å². The van der Waals surface area contributed by atoms with Crippen molar-refractivity contribution >= 4 is 11.8 Å². The van der Waals surface area contributed by atoms with Crippen molar-refractivity contribution < 1.29 is 9.59 Å². The van der Waals surface area contributed by atoms with Gasteiger partial charge in [0.15, 0.2) is 0 Å². The number of amides is 2. The molecule has 0 spiro atoms. The molecule has 4 heteroatoms. The molecule has 2 N–H and O–H groups in total. The molecule has 2 rings (SSSR count). The van der Waals surface area contributed by atoms with E-state index in [-0.39, 0.29) is 17.7 Å². The minimum atomic E-state index is -0.206. The average Bonchev–Trinajstić information content (AvgIpc) is 2.90. The zero-order valence-electron chi connectivity index (χ0n) is 12.8. The molecule has 0 radical (unpaired) electrons. The second kappa shape index (κ2) is 7.25. The molecule has 0 saturated carbocycles. The van der Waals surface area contributed by atoms with Gasteiger partial charge < -0.3 is 10.6 Å². The van der Waals surface area contributed by atoms with Gasteiger partial charge in [0.05, 0.1) is 5.92 Å². The fourth-order valence-electron chi connectivity index (χ4n) is 2.63. The molecule has 0 unspecified atom stereocenters.